The molecule has 9 nitrogen and oxygen atoms in total. The molecule has 0 radical (unpaired) electrons. The Morgan fingerprint density at radius 3 is 2.55 bits per heavy atom. The number of aromatic nitrogens is 2. The molecule has 3 aliphatic rings. The van der Waals surface area contributed by atoms with Gasteiger partial charge >= 0.3 is 6.03 Å². The van der Waals surface area contributed by atoms with Gasteiger partial charge < -0.3 is 9.64 Å². The number of aryl methyl sites for hydroxylation is 2. The largest absolute Gasteiger partial charge is 0.372 e. The third-order valence-corrected chi connectivity index (χ3v) is 7.42. The average Bonchev–Trinajstić information content (AvgIpc) is 3.03. The molecule has 31 heavy (non-hydrogen) atoms. The van der Waals surface area contributed by atoms with Gasteiger partial charge in [-0.3, -0.25) is 20.2 Å². The van der Waals surface area contributed by atoms with Crippen molar-refractivity contribution < 1.29 is 19.1 Å². The van der Waals surface area contributed by atoms with E-state index in [9.17, 15) is 14.4 Å². The Morgan fingerprint density at radius 2 is 1.90 bits per heavy atom. The van der Waals surface area contributed by atoms with E-state index >= 15 is 0 Å². The molecule has 2 fully saturated rings. The van der Waals surface area contributed by atoms with E-state index in [-0.39, 0.29) is 12.5 Å². The number of hydrogen-bond donors (Lipinski definition) is 2. The highest BCUT2D eigenvalue weighted by Crippen LogP contribution is 2.46. The van der Waals surface area contributed by atoms with Crippen molar-refractivity contribution in [3.63, 3.8) is 0 Å². The Labute approximate surface area is 183 Å². The molecule has 3 aliphatic heterocycles. The maximum Gasteiger partial charge on any atom is 0.328 e. The van der Waals surface area contributed by atoms with Crippen molar-refractivity contribution in [2.75, 3.05) is 11.4 Å². The number of ether oxygens (including phenoxy) is 1. The van der Waals surface area contributed by atoms with Gasteiger partial charge in [-0.15, -0.1) is 11.3 Å². The summed E-state index contributed by atoms with van der Waals surface area (Å²) in [6.45, 7) is 8.21. The van der Waals surface area contributed by atoms with Crippen LogP contribution in [0, 0.1) is 19.3 Å². The summed E-state index contributed by atoms with van der Waals surface area (Å²) >= 11 is 1.58. The highest BCUT2D eigenvalue weighted by molar-refractivity contribution is 7.15. The first-order chi connectivity index (χ1) is 14.7. The van der Waals surface area contributed by atoms with Crippen LogP contribution < -0.4 is 15.5 Å². The van der Waals surface area contributed by atoms with Gasteiger partial charge in [0.05, 0.1) is 33.8 Å². The summed E-state index contributed by atoms with van der Waals surface area (Å²) in [6.07, 6.45) is 1.45. The summed E-state index contributed by atoms with van der Waals surface area (Å²) in [6, 6.07) is 0.621. The molecule has 1 spiro atoms. The summed E-state index contributed by atoms with van der Waals surface area (Å²) in [4.78, 5) is 50.5. The van der Waals surface area contributed by atoms with E-state index in [1.54, 1.807) is 11.3 Å². The van der Waals surface area contributed by atoms with Crippen molar-refractivity contribution in [1.82, 2.24) is 20.6 Å². The second-order valence-electron chi connectivity index (χ2n) is 8.49. The highest BCUT2D eigenvalue weighted by Gasteiger charge is 2.63. The van der Waals surface area contributed by atoms with Gasteiger partial charge in [0.1, 0.15) is 5.82 Å². The first kappa shape index (κ1) is 20.1. The molecule has 0 aromatic carbocycles. The number of pyridine rings is 1. The fourth-order valence-corrected chi connectivity index (χ4v) is 6.13. The zero-order valence-corrected chi connectivity index (χ0v) is 18.5. The topological polar surface area (TPSA) is 114 Å². The van der Waals surface area contributed by atoms with Crippen LogP contribution in [0.4, 0.5) is 10.6 Å². The first-order valence-corrected chi connectivity index (χ1v) is 11.0. The van der Waals surface area contributed by atoms with Crippen LogP contribution in [0.1, 0.15) is 30.1 Å². The van der Waals surface area contributed by atoms with Gasteiger partial charge in [-0.2, -0.15) is 0 Å². The van der Waals surface area contributed by atoms with Crippen LogP contribution in [0.3, 0.4) is 0 Å². The lowest BCUT2D eigenvalue weighted by Gasteiger charge is -2.54. The Morgan fingerprint density at radius 1 is 1.19 bits per heavy atom. The number of barbiturate groups is 1. The van der Waals surface area contributed by atoms with E-state index < -0.39 is 35.4 Å². The van der Waals surface area contributed by atoms with Crippen LogP contribution in [0.2, 0.25) is 0 Å². The number of amides is 4. The van der Waals surface area contributed by atoms with E-state index in [0.29, 0.717) is 6.54 Å². The predicted molar refractivity (Wildman–Crippen MR) is 114 cm³/mol. The maximum absolute atomic E-state index is 13.2. The van der Waals surface area contributed by atoms with Crippen LogP contribution >= 0.6 is 11.3 Å². The Kier molecular flexibility index (Phi) is 4.42. The van der Waals surface area contributed by atoms with Crippen molar-refractivity contribution in [2.24, 2.45) is 5.41 Å². The number of imide groups is 2. The number of nitrogens with zero attached hydrogens (tertiary/aromatic N) is 3. The van der Waals surface area contributed by atoms with Crippen molar-refractivity contribution >= 4 is 35.0 Å². The fourth-order valence-electron chi connectivity index (χ4n) is 5.23. The van der Waals surface area contributed by atoms with Crippen molar-refractivity contribution in [1.29, 1.82) is 0 Å². The van der Waals surface area contributed by atoms with E-state index in [2.05, 4.69) is 15.6 Å². The van der Waals surface area contributed by atoms with Crippen LogP contribution in [-0.4, -0.2) is 52.6 Å². The number of morpholine rings is 1. The van der Waals surface area contributed by atoms with Crippen molar-refractivity contribution in [3.05, 3.63) is 28.5 Å². The fraction of sp³-hybridized carbons (Fsp3) is 0.476. The van der Waals surface area contributed by atoms with Gasteiger partial charge in [0.2, 0.25) is 11.8 Å². The molecule has 2 aromatic rings. The lowest BCUT2D eigenvalue weighted by molar-refractivity contribution is -0.153. The van der Waals surface area contributed by atoms with E-state index in [1.165, 1.54) is 0 Å². The third kappa shape index (κ3) is 2.89. The van der Waals surface area contributed by atoms with E-state index in [4.69, 9.17) is 9.72 Å². The number of carbonyl (C=O) groups excluding carboxylic acids is 3. The second kappa shape index (κ2) is 6.83. The Bertz CT molecular complexity index is 1110. The molecule has 5 heterocycles. The molecule has 4 amide bonds. The number of anilines is 1. The Hall–Kier alpha value is -2.85. The van der Waals surface area contributed by atoms with Crippen molar-refractivity contribution in [2.45, 2.75) is 52.4 Å². The molecule has 2 N–H and O–H groups in total. The zero-order valence-electron chi connectivity index (χ0n) is 17.7. The minimum absolute atomic E-state index is 0.0986. The minimum atomic E-state index is -1.49. The highest BCUT2D eigenvalue weighted by atomic mass is 32.1. The monoisotopic (exact) mass is 441 g/mol. The van der Waals surface area contributed by atoms with Gasteiger partial charge in [-0.05, 0) is 39.3 Å². The Balaban J connectivity index is 1.68. The van der Waals surface area contributed by atoms with Gasteiger partial charge in [0, 0.05) is 24.7 Å². The molecule has 3 atom stereocenters. The number of hydrogen-bond acceptors (Lipinski definition) is 8. The SMILES string of the molecule is Cc1nc(C)c(-c2cnc3c(c2)CC2(C(=O)NC(=O)NC2=O)[C@H]2[C@H](C)O[C@H](C)CN32)s1. The molecule has 10 heteroatoms. The number of thiazole rings is 1. The van der Waals surface area contributed by atoms with Crippen LogP contribution in [-0.2, 0) is 20.7 Å². The van der Waals surface area contributed by atoms with Gasteiger partial charge in [-0.25, -0.2) is 14.8 Å². The second-order valence-corrected chi connectivity index (χ2v) is 9.69. The standard InChI is InChI=1S/C21H23N5O4S/c1-9-8-26-16(11(3)30-9)21(18(27)24-20(29)25-19(21)28)6-13-5-14(7-22-17(13)26)15-10(2)23-12(4)31-15/h5,7,9,11,16H,6,8H2,1-4H3,(H2,24,25,27,28,29)/t9-,11+,16-/m1/s1. The van der Waals surface area contributed by atoms with Gasteiger partial charge in [0.15, 0.2) is 5.41 Å². The first-order valence-electron chi connectivity index (χ1n) is 10.2. The summed E-state index contributed by atoms with van der Waals surface area (Å²) < 4.78 is 6.01. The summed E-state index contributed by atoms with van der Waals surface area (Å²) in [5.74, 6) is -0.443. The normalized spacial score (nSPS) is 26.9. The molecule has 5 rings (SSSR count). The smallest absolute Gasteiger partial charge is 0.328 e. The van der Waals surface area contributed by atoms with E-state index in [1.807, 2.05) is 44.9 Å². The van der Waals surface area contributed by atoms with Crippen LogP contribution in [0.25, 0.3) is 10.4 Å². The van der Waals surface area contributed by atoms with Crippen LogP contribution in [0.5, 0.6) is 0 Å². The molecule has 0 aliphatic carbocycles. The summed E-state index contributed by atoms with van der Waals surface area (Å²) in [7, 11) is 0. The number of nitrogens with one attached hydrogen (secondary N) is 2. The number of urea groups is 1. The third-order valence-electron chi connectivity index (χ3n) is 6.30. The lowest BCUT2D eigenvalue weighted by atomic mass is 9.67. The summed E-state index contributed by atoms with van der Waals surface area (Å²) in [5.41, 5.74) is 1.12. The number of carbonyl (C=O) groups is 3. The van der Waals surface area contributed by atoms with E-state index in [0.717, 1.165) is 32.5 Å². The molecule has 2 saturated heterocycles. The number of fused-ring (bicyclic) bond motifs is 4. The number of rotatable bonds is 1. The maximum atomic E-state index is 13.2. The average molecular weight is 442 g/mol. The molecule has 2 aromatic heterocycles. The molecule has 0 saturated carbocycles. The molecule has 162 valence electrons. The molecule has 0 unspecified atom stereocenters. The molecule has 0 bridgehead atoms. The molecular formula is C21H23N5O4S. The zero-order chi connectivity index (χ0) is 22.1. The lowest BCUT2D eigenvalue weighted by Crippen LogP contribution is -2.75. The summed E-state index contributed by atoms with van der Waals surface area (Å²) in [5, 5.41) is 5.57. The minimum Gasteiger partial charge on any atom is -0.372 e. The van der Waals surface area contributed by atoms with Gasteiger partial charge in [0.25, 0.3) is 0 Å². The predicted octanol–water partition coefficient (Wildman–Crippen LogP) is 1.71. The molecular weight excluding hydrogens is 418 g/mol. The van der Waals surface area contributed by atoms with Crippen molar-refractivity contribution in [3.8, 4) is 10.4 Å². The van der Waals surface area contributed by atoms with Crippen LogP contribution in [0.15, 0.2) is 12.3 Å². The quantitative estimate of drug-likeness (QED) is 0.648. The van der Waals surface area contributed by atoms with Gasteiger partial charge in [-0.1, -0.05) is 0 Å².